The third-order valence-corrected chi connectivity index (χ3v) is 3.19. The van der Waals surface area contributed by atoms with E-state index in [1.165, 1.54) is 11.3 Å². The van der Waals surface area contributed by atoms with E-state index in [4.69, 9.17) is 0 Å². The van der Waals surface area contributed by atoms with Crippen molar-refractivity contribution in [1.82, 2.24) is 20.1 Å². The standard InChI is InChI=1S/C14H20N4/c1-4-13-9-14(18(3)17-13)10-16-11(2)12-5-7-15-8-6-12/h5-9,11,16H,4,10H2,1-3H3/t11-/m0/s1. The van der Waals surface area contributed by atoms with Crippen LogP contribution in [0.1, 0.15) is 36.8 Å². The van der Waals surface area contributed by atoms with Crippen molar-refractivity contribution < 1.29 is 0 Å². The Labute approximate surface area is 108 Å². The van der Waals surface area contributed by atoms with Gasteiger partial charge in [0, 0.05) is 32.0 Å². The van der Waals surface area contributed by atoms with Crippen LogP contribution in [0, 0.1) is 0 Å². The molecule has 2 heterocycles. The van der Waals surface area contributed by atoms with Crippen LogP contribution >= 0.6 is 0 Å². The zero-order valence-corrected chi connectivity index (χ0v) is 11.2. The summed E-state index contributed by atoms with van der Waals surface area (Å²) >= 11 is 0. The minimum Gasteiger partial charge on any atom is -0.305 e. The lowest BCUT2D eigenvalue weighted by molar-refractivity contribution is 0.547. The highest BCUT2D eigenvalue weighted by atomic mass is 15.3. The van der Waals surface area contributed by atoms with Crippen LogP contribution < -0.4 is 5.32 Å². The van der Waals surface area contributed by atoms with Gasteiger partial charge in [-0.1, -0.05) is 6.92 Å². The van der Waals surface area contributed by atoms with Crippen LogP contribution in [0.15, 0.2) is 30.6 Å². The Morgan fingerprint density at radius 2 is 2.06 bits per heavy atom. The summed E-state index contributed by atoms with van der Waals surface area (Å²) in [6, 6.07) is 6.55. The summed E-state index contributed by atoms with van der Waals surface area (Å²) in [6.45, 7) is 5.11. The summed E-state index contributed by atoms with van der Waals surface area (Å²) in [5.41, 5.74) is 3.61. The van der Waals surface area contributed by atoms with Gasteiger partial charge in [0.05, 0.1) is 11.4 Å². The average molecular weight is 244 g/mol. The maximum Gasteiger partial charge on any atom is 0.0625 e. The first kappa shape index (κ1) is 12.8. The van der Waals surface area contributed by atoms with Crippen molar-refractivity contribution in [3.8, 4) is 0 Å². The van der Waals surface area contributed by atoms with E-state index in [2.05, 4.69) is 35.3 Å². The molecule has 1 N–H and O–H groups in total. The fraction of sp³-hybridized carbons (Fsp3) is 0.429. The second-order valence-electron chi connectivity index (χ2n) is 4.49. The molecule has 2 aromatic rings. The zero-order chi connectivity index (χ0) is 13.0. The minimum atomic E-state index is 0.313. The molecule has 0 amide bonds. The van der Waals surface area contributed by atoms with Gasteiger partial charge in [0.15, 0.2) is 0 Å². The van der Waals surface area contributed by atoms with Crippen molar-refractivity contribution in [2.24, 2.45) is 7.05 Å². The van der Waals surface area contributed by atoms with Crippen LogP contribution in [-0.2, 0) is 20.0 Å². The monoisotopic (exact) mass is 244 g/mol. The molecule has 0 spiro atoms. The van der Waals surface area contributed by atoms with Gasteiger partial charge in [-0.15, -0.1) is 0 Å². The van der Waals surface area contributed by atoms with Crippen LogP contribution in [0.2, 0.25) is 0 Å². The van der Waals surface area contributed by atoms with E-state index in [1.807, 2.05) is 36.3 Å². The quantitative estimate of drug-likeness (QED) is 0.877. The number of aryl methyl sites for hydroxylation is 2. The van der Waals surface area contributed by atoms with E-state index < -0.39 is 0 Å². The van der Waals surface area contributed by atoms with Crippen molar-refractivity contribution in [3.63, 3.8) is 0 Å². The summed E-state index contributed by atoms with van der Waals surface area (Å²) in [4.78, 5) is 4.03. The fourth-order valence-electron chi connectivity index (χ4n) is 1.94. The van der Waals surface area contributed by atoms with Gasteiger partial charge < -0.3 is 5.32 Å². The lowest BCUT2D eigenvalue weighted by Gasteiger charge is -2.13. The van der Waals surface area contributed by atoms with Crippen molar-refractivity contribution in [2.75, 3.05) is 0 Å². The fourth-order valence-corrected chi connectivity index (χ4v) is 1.94. The molecule has 0 aromatic carbocycles. The number of pyridine rings is 1. The number of hydrogen-bond acceptors (Lipinski definition) is 3. The van der Waals surface area contributed by atoms with Crippen molar-refractivity contribution in [3.05, 3.63) is 47.5 Å². The summed E-state index contributed by atoms with van der Waals surface area (Å²) < 4.78 is 1.95. The Balaban J connectivity index is 1.97. The van der Waals surface area contributed by atoms with E-state index in [1.54, 1.807) is 0 Å². The van der Waals surface area contributed by atoms with E-state index in [0.717, 1.165) is 18.7 Å². The summed E-state index contributed by atoms with van der Waals surface area (Å²) in [7, 11) is 1.99. The van der Waals surface area contributed by atoms with Gasteiger partial charge in [-0.25, -0.2) is 0 Å². The Morgan fingerprint density at radius 3 is 2.67 bits per heavy atom. The second-order valence-corrected chi connectivity index (χ2v) is 4.49. The molecule has 0 saturated carbocycles. The third kappa shape index (κ3) is 2.96. The molecule has 0 radical (unpaired) electrons. The van der Waals surface area contributed by atoms with Gasteiger partial charge >= 0.3 is 0 Å². The maximum absolute atomic E-state index is 4.45. The molecule has 0 unspecified atom stereocenters. The molecule has 0 aliphatic rings. The largest absolute Gasteiger partial charge is 0.305 e. The van der Waals surface area contributed by atoms with Gasteiger partial charge in [-0.3, -0.25) is 9.67 Å². The molecule has 1 atom stereocenters. The molecule has 4 heteroatoms. The number of aromatic nitrogens is 3. The summed E-state index contributed by atoms with van der Waals surface area (Å²) in [5.74, 6) is 0. The van der Waals surface area contributed by atoms with E-state index in [0.29, 0.717) is 6.04 Å². The maximum atomic E-state index is 4.45. The zero-order valence-electron chi connectivity index (χ0n) is 11.2. The highest BCUT2D eigenvalue weighted by Crippen LogP contribution is 2.12. The lowest BCUT2D eigenvalue weighted by Crippen LogP contribution is -2.19. The first-order chi connectivity index (χ1) is 8.70. The molecule has 2 aromatic heterocycles. The molecular weight excluding hydrogens is 224 g/mol. The molecule has 0 aliphatic heterocycles. The van der Waals surface area contributed by atoms with Crippen LogP contribution in [0.25, 0.3) is 0 Å². The summed E-state index contributed by atoms with van der Waals surface area (Å²) in [6.07, 6.45) is 4.63. The van der Waals surface area contributed by atoms with Gasteiger partial charge in [-0.2, -0.15) is 5.10 Å². The minimum absolute atomic E-state index is 0.313. The first-order valence-corrected chi connectivity index (χ1v) is 6.35. The predicted octanol–water partition coefficient (Wildman–Crippen LogP) is 2.23. The molecule has 0 fully saturated rings. The van der Waals surface area contributed by atoms with Crippen molar-refractivity contribution in [2.45, 2.75) is 32.9 Å². The van der Waals surface area contributed by atoms with Crippen LogP contribution in [0.3, 0.4) is 0 Å². The van der Waals surface area contributed by atoms with Gasteiger partial charge in [0.25, 0.3) is 0 Å². The van der Waals surface area contributed by atoms with Crippen molar-refractivity contribution >= 4 is 0 Å². The Hall–Kier alpha value is -1.68. The Bertz CT molecular complexity index is 490. The molecule has 0 aliphatic carbocycles. The lowest BCUT2D eigenvalue weighted by atomic mass is 10.1. The van der Waals surface area contributed by atoms with Gasteiger partial charge in [0.1, 0.15) is 0 Å². The van der Waals surface area contributed by atoms with Crippen LogP contribution in [0.5, 0.6) is 0 Å². The molecule has 4 nitrogen and oxygen atoms in total. The predicted molar refractivity (Wildman–Crippen MR) is 72.1 cm³/mol. The number of hydrogen-bond donors (Lipinski definition) is 1. The van der Waals surface area contributed by atoms with Gasteiger partial charge in [-0.05, 0) is 37.1 Å². The van der Waals surface area contributed by atoms with Crippen LogP contribution in [-0.4, -0.2) is 14.8 Å². The number of nitrogens with zero attached hydrogens (tertiary/aromatic N) is 3. The molecule has 2 rings (SSSR count). The SMILES string of the molecule is CCc1cc(CN[C@@H](C)c2ccncc2)n(C)n1. The van der Waals surface area contributed by atoms with Crippen LogP contribution in [0.4, 0.5) is 0 Å². The molecule has 0 saturated heterocycles. The van der Waals surface area contributed by atoms with E-state index >= 15 is 0 Å². The molecule has 0 bridgehead atoms. The second kappa shape index (κ2) is 5.78. The topological polar surface area (TPSA) is 42.7 Å². The number of nitrogens with one attached hydrogen (secondary N) is 1. The Morgan fingerprint density at radius 1 is 1.33 bits per heavy atom. The highest BCUT2D eigenvalue weighted by Gasteiger charge is 2.07. The van der Waals surface area contributed by atoms with E-state index in [-0.39, 0.29) is 0 Å². The first-order valence-electron chi connectivity index (χ1n) is 6.35. The normalized spacial score (nSPS) is 12.6. The Kier molecular flexibility index (Phi) is 4.10. The third-order valence-electron chi connectivity index (χ3n) is 3.19. The van der Waals surface area contributed by atoms with Gasteiger partial charge in [0.2, 0.25) is 0 Å². The average Bonchev–Trinajstić information content (AvgIpc) is 2.77. The molecule has 96 valence electrons. The molecular formula is C14H20N4. The highest BCUT2D eigenvalue weighted by molar-refractivity contribution is 5.15. The van der Waals surface area contributed by atoms with E-state index in [9.17, 15) is 0 Å². The smallest absolute Gasteiger partial charge is 0.0625 e. The number of rotatable bonds is 5. The van der Waals surface area contributed by atoms with Crippen molar-refractivity contribution in [1.29, 1.82) is 0 Å². The molecule has 18 heavy (non-hydrogen) atoms. The summed E-state index contributed by atoms with van der Waals surface area (Å²) in [5, 5.41) is 7.95.